The van der Waals surface area contributed by atoms with Crippen molar-refractivity contribution in [2.75, 3.05) is 30.1 Å². The summed E-state index contributed by atoms with van der Waals surface area (Å²) in [4.78, 5) is 15.3. The minimum Gasteiger partial charge on any atom is -0.475 e. The summed E-state index contributed by atoms with van der Waals surface area (Å²) >= 11 is 0. The molecule has 2 aromatic rings. The summed E-state index contributed by atoms with van der Waals surface area (Å²) in [5.74, 6) is 0.0724. The van der Waals surface area contributed by atoms with E-state index in [-0.39, 0.29) is 11.3 Å². The van der Waals surface area contributed by atoms with Crippen LogP contribution >= 0.6 is 0 Å². The number of ether oxygens (including phenoxy) is 1. The first-order chi connectivity index (χ1) is 14.4. The molecule has 0 aliphatic carbocycles. The highest BCUT2D eigenvalue weighted by Crippen LogP contribution is 2.46. The molecule has 2 aliphatic heterocycles. The van der Waals surface area contributed by atoms with Gasteiger partial charge in [0.2, 0.25) is 5.90 Å². The fourth-order valence-electron chi connectivity index (χ4n) is 4.01. The summed E-state index contributed by atoms with van der Waals surface area (Å²) in [6.07, 6.45) is 3.79. The van der Waals surface area contributed by atoms with E-state index in [1.54, 1.807) is 6.08 Å². The molecule has 30 heavy (non-hydrogen) atoms. The molecule has 0 radical (unpaired) electrons. The monoisotopic (exact) mass is 402 g/mol. The number of nitrogens with zero attached hydrogens (tertiary/aromatic N) is 3. The van der Waals surface area contributed by atoms with Gasteiger partial charge in [-0.2, -0.15) is 5.01 Å². The van der Waals surface area contributed by atoms with E-state index in [9.17, 15) is 4.79 Å². The molecule has 0 atom stereocenters. The predicted molar refractivity (Wildman–Crippen MR) is 120 cm³/mol. The lowest BCUT2D eigenvalue weighted by molar-refractivity contribution is -0.114. The molecular weight excluding hydrogens is 376 g/mol. The van der Waals surface area contributed by atoms with Gasteiger partial charge in [-0.05, 0) is 35.9 Å². The Bertz CT molecular complexity index is 1050. The molecule has 0 unspecified atom stereocenters. The number of hydrogen-bond acceptors (Lipinski definition) is 5. The Morgan fingerprint density at radius 2 is 1.77 bits per heavy atom. The van der Waals surface area contributed by atoms with Crippen molar-refractivity contribution in [1.29, 1.82) is 0 Å². The van der Waals surface area contributed by atoms with Crippen molar-refractivity contribution in [2.24, 2.45) is 10.8 Å². The Kier molecular flexibility index (Phi) is 5.18. The van der Waals surface area contributed by atoms with E-state index in [1.807, 2.05) is 49.5 Å². The minimum atomic E-state index is -0.221. The molecule has 6 nitrogen and oxygen atoms in total. The fraction of sp³-hybridized carbons (Fsp3) is 0.250. The third-order valence-electron chi connectivity index (χ3n) is 5.55. The van der Waals surface area contributed by atoms with Crippen LogP contribution in [0.5, 0.6) is 0 Å². The summed E-state index contributed by atoms with van der Waals surface area (Å²) in [5.41, 5.74) is 10.0. The third kappa shape index (κ3) is 3.29. The predicted octanol–water partition coefficient (Wildman–Crippen LogP) is 3.56. The van der Waals surface area contributed by atoms with Gasteiger partial charge in [0.15, 0.2) is 0 Å². The van der Waals surface area contributed by atoms with Crippen LogP contribution in [-0.4, -0.2) is 32.0 Å². The Morgan fingerprint density at radius 3 is 2.47 bits per heavy atom. The zero-order valence-electron chi connectivity index (χ0n) is 17.5. The Hall–Kier alpha value is -3.38. The lowest BCUT2D eigenvalue weighted by Gasteiger charge is -2.23. The van der Waals surface area contributed by atoms with Gasteiger partial charge in [0.05, 0.1) is 5.69 Å². The first kappa shape index (κ1) is 19.9. The SMILES string of the molecule is CN1/C(=C\C=C2/C(=O)N(c3ccccc3)N=C2OCCN)C(C)(C)c2ccccc21. The maximum atomic E-state index is 13.1. The number of amides is 1. The van der Waals surface area contributed by atoms with Crippen LogP contribution in [0.25, 0.3) is 0 Å². The smallest absolute Gasteiger partial charge is 0.284 e. The van der Waals surface area contributed by atoms with Gasteiger partial charge >= 0.3 is 0 Å². The van der Waals surface area contributed by atoms with Crippen molar-refractivity contribution < 1.29 is 9.53 Å². The number of carbonyl (C=O) groups is 1. The van der Waals surface area contributed by atoms with E-state index in [0.717, 1.165) is 5.70 Å². The molecule has 2 N–H and O–H groups in total. The standard InChI is InChI=1S/C24H26N4O2/c1-24(2)19-11-7-8-12-20(19)27(3)21(24)14-13-18-22(30-16-15-25)26-28(23(18)29)17-9-5-4-6-10-17/h4-14H,15-16,25H2,1-3H3/b18-13-,21-14-. The summed E-state index contributed by atoms with van der Waals surface area (Å²) in [6.45, 7) is 5.01. The first-order valence-corrected chi connectivity index (χ1v) is 10.0. The zero-order chi connectivity index (χ0) is 21.3. The molecule has 2 heterocycles. The van der Waals surface area contributed by atoms with E-state index < -0.39 is 0 Å². The number of hydrogen-bond donors (Lipinski definition) is 1. The topological polar surface area (TPSA) is 71.2 Å². The number of rotatable bonds is 4. The number of nitrogens with two attached hydrogens (primary N) is 1. The van der Waals surface area contributed by atoms with Crippen LogP contribution in [0.3, 0.4) is 0 Å². The zero-order valence-corrected chi connectivity index (χ0v) is 17.5. The largest absolute Gasteiger partial charge is 0.475 e. The molecule has 0 bridgehead atoms. The summed E-state index contributed by atoms with van der Waals surface area (Å²) in [6, 6.07) is 17.7. The van der Waals surface area contributed by atoms with Gasteiger partial charge in [-0.3, -0.25) is 4.79 Å². The van der Waals surface area contributed by atoms with Gasteiger partial charge in [-0.25, -0.2) is 0 Å². The van der Waals surface area contributed by atoms with Crippen LogP contribution in [0.1, 0.15) is 19.4 Å². The number of allylic oxidation sites excluding steroid dienone is 3. The highest BCUT2D eigenvalue weighted by Gasteiger charge is 2.38. The number of fused-ring (bicyclic) bond motifs is 1. The normalized spacial score (nSPS) is 20.1. The number of hydrazone groups is 1. The average Bonchev–Trinajstić information content (AvgIpc) is 3.17. The van der Waals surface area contributed by atoms with Crippen molar-refractivity contribution in [1.82, 2.24) is 0 Å². The van der Waals surface area contributed by atoms with Crippen LogP contribution in [0.4, 0.5) is 11.4 Å². The van der Waals surface area contributed by atoms with Crippen molar-refractivity contribution in [3.05, 3.63) is 83.6 Å². The molecule has 0 aromatic heterocycles. The number of carbonyl (C=O) groups excluding carboxylic acids is 1. The van der Waals surface area contributed by atoms with Crippen molar-refractivity contribution in [2.45, 2.75) is 19.3 Å². The minimum absolute atomic E-state index is 0.182. The van der Waals surface area contributed by atoms with Gasteiger partial charge in [-0.15, -0.1) is 5.10 Å². The number of benzene rings is 2. The fourth-order valence-corrected chi connectivity index (χ4v) is 4.01. The van der Waals surface area contributed by atoms with Gasteiger partial charge in [0.1, 0.15) is 12.2 Å². The molecule has 0 spiro atoms. The maximum Gasteiger partial charge on any atom is 0.284 e. The van der Waals surface area contributed by atoms with Crippen LogP contribution < -0.4 is 15.6 Å². The number of likely N-dealkylation sites (N-methyl/N-ethyl adjacent to an activating group) is 1. The molecule has 0 fully saturated rings. The lowest BCUT2D eigenvalue weighted by atomic mass is 9.83. The average molecular weight is 402 g/mol. The van der Waals surface area contributed by atoms with Crippen LogP contribution in [0, 0.1) is 0 Å². The van der Waals surface area contributed by atoms with E-state index in [2.05, 4.69) is 42.0 Å². The second-order valence-electron chi connectivity index (χ2n) is 7.83. The van der Waals surface area contributed by atoms with Gasteiger partial charge in [-0.1, -0.05) is 50.2 Å². The first-order valence-electron chi connectivity index (χ1n) is 10.0. The van der Waals surface area contributed by atoms with E-state index in [4.69, 9.17) is 10.5 Å². The Morgan fingerprint density at radius 1 is 1.07 bits per heavy atom. The maximum absolute atomic E-state index is 13.1. The molecule has 4 rings (SSSR count). The number of anilines is 2. The highest BCUT2D eigenvalue weighted by atomic mass is 16.5. The molecule has 2 aromatic carbocycles. The van der Waals surface area contributed by atoms with E-state index in [1.165, 1.54) is 16.3 Å². The van der Waals surface area contributed by atoms with Gasteiger partial charge in [0, 0.05) is 30.4 Å². The van der Waals surface area contributed by atoms with Crippen molar-refractivity contribution in [3.63, 3.8) is 0 Å². The summed E-state index contributed by atoms with van der Waals surface area (Å²) in [5, 5.41) is 5.78. The van der Waals surface area contributed by atoms with Crippen LogP contribution in [0.2, 0.25) is 0 Å². The van der Waals surface area contributed by atoms with Crippen molar-refractivity contribution >= 4 is 23.2 Å². The third-order valence-corrected chi connectivity index (χ3v) is 5.55. The molecule has 1 amide bonds. The van der Waals surface area contributed by atoms with Crippen molar-refractivity contribution in [3.8, 4) is 0 Å². The Balaban J connectivity index is 1.71. The lowest BCUT2D eigenvalue weighted by Crippen LogP contribution is -2.23. The van der Waals surface area contributed by atoms with Gasteiger partial charge in [0.25, 0.3) is 5.91 Å². The van der Waals surface area contributed by atoms with E-state index >= 15 is 0 Å². The molecule has 2 aliphatic rings. The second-order valence-corrected chi connectivity index (χ2v) is 7.83. The molecule has 6 heteroatoms. The van der Waals surface area contributed by atoms with Crippen LogP contribution in [-0.2, 0) is 14.9 Å². The Labute approximate surface area is 176 Å². The second kappa shape index (κ2) is 7.80. The number of para-hydroxylation sites is 2. The van der Waals surface area contributed by atoms with Gasteiger partial charge < -0.3 is 15.4 Å². The molecule has 0 saturated heterocycles. The summed E-state index contributed by atoms with van der Waals surface area (Å²) in [7, 11) is 2.05. The van der Waals surface area contributed by atoms with E-state index in [0.29, 0.717) is 30.3 Å². The highest BCUT2D eigenvalue weighted by molar-refractivity contribution is 6.28. The molecule has 154 valence electrons. The molecule has 0 saturated carbocycles. The molecular formula is C24H26N4O2. The quantitative estimate of drug-likeness (QED) is 0.794. The summed E-state index contributed by atoms with van der Waals surface area (Å²) < 4.78 is 5.69. The van der Waals surface area contributed by atoms with Crippen LogP contribution in [0.15, 0.2) is 83.1 Å².